The molecule has 0 amide bonds. The Morgan fingerprint density at radius 1 is 1.77 bits per heavy atom. The van der Waals surface area contributed by atoms with Crippen LogP contribution in [0.4, 0.5) is 0 Å². The summed E-state index contributed by atoms with van der Waals surface area (Å²) in [5.74, 6) is 5.83. The van der Waals surface area contributed by atoms with Crippen LogP contribution in [0.3, 0.4) is 0 Å². The smallest absolute Gasteiger partial charge is 0.270 e. The summed E-state index contributed by atoms with van der Waals surface area (Å²) in [6, 6.07) is 0.416. The first-order valence-corrected chi connectivity index (χ1v) is 4.38. The fourth-order valence-corrected chi connectivity index (χ4v) is 1.48. The molecule has 13 heavy (non-hydrogen) atoms. The molecule has 0 aromatic carbocycles. The number of guanidine groups is 1. The minimum absolute atomic E-state index is 0.416. The lowest BCUT2D eigenvalue weighted by Gasteiger charge is -2.07. The van der Waals surface area contributed by atoms with Gasteiger partial charge in [0.1, 0.15) is 0 Å². The zero-order valence-corrected chi connectivity index (χ0v) is 8.08. The van der Waals surface area contributed by atoms with Crippen LogP contribution in [-0.2, 0) is 0 Å². The summed E-state index contributed by atoms with van der Waals surface area (Å²) >= 11 is 0. The fraction of sp³-hybridized carbons (Fsp3) is 0.556. The van der Waals surface area contributed by atoms with Gasteiger partial charge in [-0.3, -0.25) is 11.2 Å². The molecule has 0 spiro atoms. The molecule has 1 saturated carbocycles. The van der Waals surface area contributed by atoms with Gasteiger partial charge in [0.2, 0.25) is 0 Å². The van der Waals surface area contributed by atoms with Gasteiger partial charge in [0.15, 0.2) is 0 Å². The van der Waals surface area contributed by atoms with E-state index in [2.05, 4.69) is 23.7 Å². The van der Waals surface area contributed by atoms with Crippen LogP contribution in [0.25, 0.3) is 0 Å². The Kier molecular flexibility index (Phi) is 3.06. The van der Waals surface area contributed by atoms with Gasteiger partial charge in [-0.15, -0.1) is 0 Å². The van der Waals surface area contributed by atoms with Crippen LogP contribution in [0, 0.1) is 0 Å². The van der Waals surface area contributed by atoms with Gasteiger partial charge in [0, 0.05) is 18.2 Å². The largest absolute Gasteiger partial charge is 0.411 e. The average molecular weight is 181 g/mol. The van der Waals surface area contributed by atoms with Crippen molar-refractivity contribution in [1.29, 1.82) is 0 Å². The Morgan fingerprint density at radius 2 is 2.46 bits per heavy atom. The van der Waals surface area contributed by atoms with Gasteiger partial charge in [-0.1, -0.05) is 12.2 Å². The second-order valence-corrected chi connectivity index (χ2v) is 3.48. The van der Waals surface area contributed by atoms with Gasteiger partial charge in [-0.25, -0.2) is 4.58 Å². The maximum absolute atomic E-state index is 5.21. The van der Waals surface area contributed by atoms with Crippen molar-refractivity contribution in [1.82, 2.24) is 5.32 Å². The van der Waals surface area contributed by atoms with Crippen molar-refractivity contribution in [2.75, 3.05) is 7.05 Å². The van der Waals surface area contributed by atoms with E-state index in [0.717, 1.165) is 19.3 Å². The second kappa shape index (κ2) is 4.07. The first kappa shape index (κ1) is 9.77. The maximum Gasteiger partial charge on any atom is 0.411 e. The van der Waals surface area contributed by atoms with E-state index in [1.807, 2.05) is 7.05 Å². The number of hydrazone groups is 1. The van der Waals surface area contributed by atoms with Crippen LogP contribution < -0.4 is 11.2 Å². The van der Waals surface area contributed by atoms with Crippen LogP contribution in [0.15, 0.2) is 17.3 Å². The van der Waals surface area contributed by atoms with Crippen molar-refractivity contribution in [3.05, 3.63) is 12.2 Å². The van der Waals surface area contributed by atoms with E-state index in [4.69, 9.17) is 5.84 Å². The number of hydrogen-bond donors (Lipinski definition) is 2. The third-order valence-corrected chi connectivity index (χ3v) is 2.20. The summed E-state index contributed by atoms with van der Waals surface area (Å²) in [6.07, 6.45) is 3.20. The lowest BCUT2D eigenvalue weighted by molar-refractivity contribution is -0.366. The van der Waals surface area contributed by atoms with E-state index in [1.54, 1.807) is 4.58 Å². The third-order valence-electron chi connectivity index (χ3n) is 2.20. The van der Waals surface area contributed by atoms with Crippen molar-refractivity contribution >= 4 is 12.7 Å². The third kappa shape index (κ3) is 2.57. The van der Waals surface area contributed by atoms with E-state index in [1.165, 1.54) is 5.57 Å². The first-order valence-electron chi connectivity index (χ1n) is 4.38. The average Bonchev–Trinajstić information content (AvgIpc) is 2.46. The van der Waals surface area contributed by atoms with Crippen LogP contribution >= 0.6 is 0 Å². The van der Waals surface area contributed by atoms with Crippen molar-refractivity contribution < 1.29 is 4.58 Å². The summed E-state index contributed by atoms with van der Waals surface area (Å²) in [6.45, 7) is 7.65. The molecule has 4 nitrogen and oxygen atoms in total. The van der Waals surface area contributed by atoms with Gasteiger partial charge in [-0.05, 0) is 12.8 Å². The molecular weight excluding hydrogens is 164 g/mol. The predicted molar refractivity (Wildman–Crippen MR) is 54.8 cm³/mol. The molecular formula is C9H17N4+. The highest BCUT2D eigenvalue weighted by Crippen LogP contribution is 2.22. The lowest BCUT2D eigenvalue weighted by Crippen LogP contribution is -2.39. The van der Waals surface area contributed by atoms with Crippen LogP contribution in [0.5, 0.6) is 0 Å². The van der Waals surface area contributed by atoms with Gasteiger partial charge in [0.05, 0.1) is 13.1 Å². The van der Waals surface area contributed by atoms with E-state index in [9.17, 15) is 0 Å². The Morgan fingerprint density at radius 3 is 2.85 bits per heavy atom. The van der Waals surface area contributed by atoms with Crippen LogP contribution in [0.2, 0.25) is 0 Å². The Balaban J connectivity index is 2.48. The molecule has 0 bridgehead atoms. The van der Waals surface area contributed by atoms with E-state index >= 15 is 0 Å². The molecule has 0 aliphatic heterocycles. The molecule has 1 aliphatic rings. The highest BCUT2D eigenvalue weighted by molar-refractivity contribution is 5.72. The second-order valence-electron chi connectivity index (χ2n) is 3.48. The van der Waals surface area contributed by atoms with Gasteiger partial charge in [-0.2, -0.15) is 0 Å². The summed E-state index contributed by atoms with van der Waals surface area (Å²) in [7, 11) is 1.81. The molecule has 1 rings (SSSR count). The molecule has 1 unspecified atom stereocenters. The Labute approximate surface area is 78.8 Å². The number of nitrogens with one attached hydrogen (secondary N) is 1. The molecule has 0 aromatic heterocycles. The van der Waals surface area contributed by atoms with Crippen molar-refractivity contribution in [3.63, 3.8) is 0 Å². The molecule has 3 N–H and O–H groups in total. The van der Waals surface area contributed by atoms with E-state index in [-0.39, 0.29) is 0 Å². The number of hydrogen-bond acceptors (Lipinski definition) is 2. The standard InChI is InChI=1S/C9H17N4/c1-7-4-5-8(6-7)11-9(12-10)13(2)3/h8H,1-2,4-6,10H2,3H3,(H,11,12)/q+1. The molecule has 1 atom stereocenters. The minimum atomic E-state index is 0.416. The fourth-order valence-electron chi connectivity index (χ4n) is 1.48. The molecule has 1 fully saturated rings. The Hall–Kier alpha value is -1.32. The normalized spacial score (nSPS) is 23.3. The summed E-state index contributed by atoms with van der Waals surface area (Å²) in [5.41, 5.74) is 1.29. The molecule has 4 heteroatoms. The summed E-state index contributed by atoms with van der Waals surface area (Å²) < 4.78 is 1.63. The molecule has 0 aromatic rings. The van der Waals surface area contributed by atoms with E-state index < -0.39 is 0 Å². The monoisotopic (exact) mass is 181 g/mol. The zero-order chi connectivity index (χ0) is 9.84. The SMILES string of the molecule is C=C1CCC(N/C(=N/N)[N+](=C)C)C1. The van der Waals surface area contributed by atoms with Gasteiger partial charge >= 0.3 is 5.96 Å². The summed E-state index contributed by atoms with van der Waals surface area (Å²) in [4.78, 5) is 0. The quantitative estimate of drug-likeness (QED) is 0.152. The number of nitrogens with zero attached hydrogens (tertiary/aromatic N) is 2. The number of nitrogens with two attached hydrogens (primary N) is 1. The summed E-state index contributed by atoms with van der Waals surface area (Å²) in [5, 5.41) is 6.84. The zero-order valence-electron chi connectivity index (χ0n) is 8.08. The van der Waals surface area contributed by atoms with Crippen LogP contribution in [-0.4, -0.2) is 30.3 Å². The van der Waals surface area contributed by atoms with Crippen molar-refractivity contribution in [2.24, 2.45) is 10.9 Å². The van der Waals surface area contributed by atoms with E-state index in [0.29, 0.717) is 12.0 Å². The van der Waals surface area contributed by atoms with Gasteiger partial charge < -0.3 is 0 Å². The predicted octanol–water partition coefficient (Wildman–Crippen LogP) is 0.257. The Bertz CT molecular complexity index is 254. The molecule has 0 heterocycles. The minimum Gasteiger partial charge on any atom is -0.270 e. The number of rotatable bonds is 1. The molecule has 0 radical (unpaired) electrons. The highest BCUT2D eigenvalue weighted by atomic mass is 15.3. The maximum atomic E-state index is 5.21. The van der Waals surface area contributed by atoms with Gasteiger partial charge in [0.25, 0.3) is 0 Å². The highest BCUT2D eigenvalue weighted by Gasteiger charge is 2.23. The lowest BCUT2D eigenvalue weighted by atomic mass is 10.2. The molecule has 1 aliphatic carbocycles. The topological polar surface area (TPSA) is 53.4 Å². The van der Waals surface area contributed by atoms with Crippen molar-refractivity contribution in [2.45, 2.75) is 25.3 Å². The molecule has 0 saturated heterocycles. The first-order chi connectivity index (χ1) is 6.13. The molecule has 72 valence electrons. The van der Waals surface area contributed by atoms with Crippen LogP contribution in [0.1, 0.15) is 19.3 Å². The van der Waals surface area contributed by atoms with Crippen molar-refractivity contribution in [3.8, 4) is 0 Å².